The highest BCUT2D eigenvalue weighted by molar-refractivity contribution is 9.10. The second-order valence-electron chi connectivity index (χ2n) is 4.96. The fourth-order valence-corrected chi connectivity index (χ4v) is 2.91. The first-order chi connectivity index (χ1) is 10.7. The molecule has 0 bridgehead atoms. The van der Waals surface area contributed by atoms with Gasteiger partial charge in [0.15, 0.2) is 0 Å². The molecule has 2 amide bonds. The Balaban J connectivity index is 2.86. The van der Waals surface area contributed by atoms with E-state index in [0.717, 1.165) is 6.26 Å². The normalized spacial score (nSPS) is 12.3. The third kappa shape index (κ3) is 6.96. The van der Waals surface area contributed by atoms with Crippen LogP contribution in [-0.2, 0) is 14.6 Å². The van der Waals surface area contributed by atoms with E-state index in [9.17, 15) is 18.0 Å². The minimum Gasteiger partial charge on any atom is -0.351 e. The lowest BCUT2D eigenvalue weighted by atomic mass is 10.1. The van der Waals surface area contributed by atoms with Crippen LogP contribution < -0.4 is 10.6 Å². The van der Waals surface area contributed by atoms with Crippen molar-refractivity contribution in [3.8, 4) is 0 Å². The molecule has 1 rings (SSSR count). The highest BCUT2D eigenvalue weighted by Crippen LogP contribution is 2.16. The molecule has 2 N–H and O–H groups in total. The summed E-state index contributed by atoms with van der Waals surface area (Å²) in [6.45, 7) is 3.73. The second-order valence-corrected chi connectivity index (χ2v) is 8.07. The van der Waals surface area contributed by atoms with Gasteiger partial charge < -0.3 is 10.6 Å². The van der Waals surface area contributed by atoms with Gasteiger partial charge in [0.1, 0.15) is 15.9 Å². The van der Waals surface area contributed by atoms with E-state index in [2.05, 4.69) is 33.1 Å². The van der Waals surface area contributed by atoms with Gasteiger partial charge in [0.05, 0.1) is 11.3 Å². The molecule has 0 radical (unpaired) electrons. The van der Waals surface area contributed by atoms with Crippen LogP contribution in [0.25, 0.3) is 0 Å². The first-order valence-corrected chi connectivity index (χ1v) is 9.71. The molecule has 0 aliphatic heterocycles. The molecule has 126 valence electrons. The van der Waals surface area contributed by atoms with Crippen molar-refractivity contribution in [2.45, 2.75) is 12.5 Å². The lowest BCUT2D eigenvalue weighted by Gasteiger charge is -2.18. The van der Waals surface area contributed by atoms with Crippen LogP contribution in [0.2, 0.25) is 0 Å². The van der Waals surface area contributed by atoms with Crippen molar-refractivity contribution in [1.82, 2.24) is 10.6 Å². The van der Waals surface area contributed by atoms with E-state index < -0.39 is 27.7 Å². The predicted molar refractivity (Wildman–Crippen MR) is 92.9 cm³/mol. The number of benzene rings is 1. The monoisotopic (exact) mass is 402 g/mol. The van der Waals surface area contributed by atoms with Crippen molar-refractivity contribution < 1.29 is 18.0 Å². The predicted octanol–water partition coefficient (Wildman–Crippen LogP) is 1.28. The number of halogens is 1. The minimum absolute atomic E-state index is 0.00198. The number of sulfone groups is 1. The highest BCUT2D eigenvalue weighted by atomic mass is 79.9. The molecule has 6 nitrogen and oxygen atoms in total. The van der Waals surface area contributed by atoms with Crippen molar-refractivity contribution in [2.24, 2.45) is 0 Å². The summed E-state index contributed by atoms with van der Waals surface area (Å²) in [5.74, 6) is -1.10. The summed E-state index contributed by atoms with van der Waals surface area (Å²) in [5, 5.41) is 5.14. The maximum Gasteiger partial charge on any atom is 0.253 e. The fraction of sp³-hybridized carbons (Fsp3) is 0.333. The number of rotatable bonds is 8. The number of amides is 2. The minimum atomic E-state index is -3.24. The summed E-state index contributed by atoms with van der Waals surface area (Å²) in [7, 11) is -3.24. The van der Waals surface area contributed by atoms with E-state index in [0.29, 0.717) is 10.0 Å². The molecule has 0 aliphatic carbocycles. The SMILES string of the molecule is C=CCNC(=O)[C@H](CCS(C)(=O)=O)NC(=O)c1ccccc1Br. The van der Waals surface area contributed by atoms with Gasteiger partial charge in [-0.05, 0) is 34.5 Å². The summed E-state index contributed by atoms with van der Waals surface area (Å²) >= 11 is 3.27. The lowest BCUT2D eigenvalue weighted by molar-refractivity contribution is -0.122. The van der Waals surface area contributed by atoms with Gasteiger partial charge in [-0.15, -0.1) is 6.58 Å². The van der Waals surface area contributed by atoms with Crippen LogP contribution in [-0.4, -0.2) is 44.8 Å². The molecule has 0 aliphatic rings. The summed E-state index contributed by atoms with van der Waals surface area (Å²) in [5.41, 5.74) is 0.369. The van der Waals surface area contributed by atoms with Gasteiger partial charge in [0.25, 0.3) is 5.91 Å². The van der Waals surface area contributed by atoms with Crippen LogP contribution in [0.15, 0.2) is 41.4 Å². The molecule has 1 atom stereocenters. The fourth-order valence-electron chi connectivity index (χ4n) is 1.78. The summed E-state index contributed by atoms with van der Waals surface area (Å²) in [6, 6.07) is 5.83. The van der Waals surface area contributed by atoms with Crippen molar-refractivity contribution in [3.05, 3.63) is 47.0 Å². The first-order valence-electron chi connectivity index (χ1n) is 6.86. The lowest BCUT2D eigenvalue weighted by Crippen LogP contribution is -2.47. The van der Waals surface area contributed by atoms with Crippen LogP contribution in [0.5, 0.6) is 0 Å². The zero-order valence-corrected chi connectivity index (χ0v) is 15.1. The molecule has 0 aromatic heterocycles. The molecular weight excluding hydrogens is 384 g/mol. The highest BCUT2D eigenvalue weighted by Gasteiger charge is 2.23. The van der Waals surface area contributed by atoms with Crippen LogP contribution in [0.1, 0.15) is 16.8 Å². The third-order valence-corrected chi connectivity index (χ3v) is 4.61. The Kier molecular flexibility index (Phi) is 7.44. The quantitative estimate of drug-likeness (QED) is 0.640. The molecule has 0 fully saturated rings. The average molecular weight is 403 g/mol. The first kappa shape index (κ1) is 19.4. The van der Waals surface area contributed by atoms with E-state index in [1.54, 1.807) is 24.3 Å². The van der Waals surface area contributed by atoms with Gasteiger partial charge in [0, 0.05) is 17.3 Å². The molecule has 0 unspecified atom stereocenters. The van der Waals surface area contributed by atoms with Gasteiger partial charge in [0.2, 0.25) is 5.91 Å². The van der Waals surface area contributed by atoms with Gasteiger partial charge in [-0.25, -0.2) is 8.42 Å². The van der Waals surface area contributed by atoms with Gasteiger partial charge in [-0.2, -0.15) is 0 Å². The third-order valence-electron chi connectivity index (χ3n) is 2.94. The standard InChI is InChI=1S/C15H19BrN2O4S/c1-3-9-17-15(20)13(8-10-23(2,21)22)18-14(19)11-6-4-5-7-12(11)16/h3-7,13H,1,8-10H2,2H3,(H,17,20)(H,18,19)/t13-/m0/s1. The van der Waals surface area contributed by atoms with Crippen molar-refractivity contribution in [1.29, 1.82) is 0 Å². The Morgan fingerprint density at radius 1 is 1.35 bits per heavy atom. The molecule has 0 heterocycles. The van der Waals surface area contributed by atoms with E-state index in [4.69, 9.17) is 0 Å². The van der Waals surface area contributed by atoms with E-state index in [1.165, 1.54) is 6.08 Å². The summed E-state index contributed by atoms with van der Waals surface area (Å²) in [6.07, 6.45) is 2.58. The van der Waals surface area contributed by atoms with Crippen LogP contribution in [0.3, 0.4) is 0 Å². The summed E-state index contributed by atoms with van der Waals surface area (Å²) < 4.78 is 23.2. The van der Waals surface area contributed by atoms with Crippen molar-refractivity contribution >= 4 is 37.6 Å². The largest absolute Gasteiger partial charge is 0.351 e. The number of hydrogen-bond donors (Lipinski definition) is 2. The van der Waals surface area contributed by atoms with Gasteiger partial charge in [-0.1, -0.05) is 18.2 Å². The van der Waals surface area contributed by atoms with Crippen LogP contribution in [0.4, 0.5) is 0 Å². The van der Waals surface area contributed by atoms with E-state index >= 15 is 0 Å². The molecule has 8 heteroatoms. The molecule has 0 spiro atoms. The average Bonchev–Trinajstić information content (AvgIpc) is 2.48. The van der Waals surface area contributed by atoms with Gasteiger partial charge in [-0.3, -0.25) is 9.59 Å². The van der Waals surface area contributed by atoms with Gasteiger partial charge >= 0.3 is 0 Å². The topological polar surface area (TPSA) is 92.3 Å². The van der Waals surface area contributed by atoms with Crippen molar-refractivity contribution in [2.75, 3.05) is 18.6 Å². The number of carbonyl (C=O) groups excluding carboxylic acids is 2. The zero-order chi connectivity index (χ0) is 17.5. The number of carbonyl (C=O) groups is 2. The second kappa shape index (κ2) is 8.83. The molecule has 23 heavy (non-hydrogen) atoms. The maximum absolute atomic E-state index is 12.3. The van der Waals surface area contributed by atoms with Crippen molar-refractivity contribution in [3.63, 3.8) is 0 Å². The maximum atomic E-state index is 12.3. The molecule has 0 saturated heterocycles. The van der Waals surface area contributed by atoms with Crippen LogP contribution >= 0.6 is 15.9 Å². The number of hydrogen-bond acceptors (Lipinski definition) is 4. The van der Waals surface area contributed by atoms with Crippen LogP contribution in [0, 0.1) is 0 Å². The Labute approximate surface area is 144 Å². The molecule has 1 aromatic rings. The van der Waals surface area contributed by atoms with E-state index in [-0.39, 0.29) is 18.7 Å². The zero-order valence-electron chi connectivity index (χ0n) is 12.7. The Morgan fingerprint density at radius 2 is 2.00 bits per heavy atom. The Hall–Kier alpha value is -1.67. The van der Waals surface area contributed by atoms with E-state index in [1.807, 2.05) is 0 Å². The molecule has 0 saturated carbocycles. The molecule has 1 aromatic carbocycles. The summed E-state index contributed by atoms with van der Waals surface area (Å²) in [4.78, 5) is 24.4. The molecular formula is C15H19BrN2O4S. The number of nitrogens with one attached hydrogen (secondary N) is 2. The Bertz CT molecular complexity index is 688. The smallest absolute Gasteiger partial charge is 0.253 e. The Morgan fingerprint density at radius 3 is 2.57 bits per heavy atom.